The van der Waals surface area contributed by atoms with Gasteiger partial charge in [0, 0.05) is 0 Å². The Morgan fingerprint density at radius 1 is 1.50 bits per heavy atom. The third-order valence-electron chi connectivity index (χ3n) is 0.800. The van der Waals surface area contributed by atoms with Gasteiger partial charge in [-0.05, 0) is 6.16 Å². The molecule has 0 rings (SSSR count). The SMILES string of the molecule is CCCCP.O=C(O)C(Cl)(Cl)Cl. The monoisotopic (exact) mass is 252 g/mol. The molecule has 1 unspecified atom stereocenters. The maximum atomic E-state index is 9.62. The third-order valence-corrected chi connectivity index (χ3v) is 1.69. The Kier molecular flexibility index (Phi) is 10.6. The number of rotatable bonds is 2. The molecule has 0 fully saturated rings. The lowest BCUT2D eigenvalue weighted by molar-refractivity contribution is -0.135. The number of carboxylic acid groups (broad SMARTS) is 1. The van der Waals surface area contributed by atoms with Crippen LogP contribution in [0.25, 0.3) is 0 Å². The van der Waals surface area contributed by atoms with E-state index in [1.165, 1.54) is 19.0 Å². The predicted octanol–water partition coefficient (Wildman–Crippen LogP) is 3.10. The van der Waals surface area contributed by atoms with Crippen LogP contribution in [-0.4, -0.2) is 21.0 Å². The van der Waals surface area contributed by atoms with E-state index in [4.69, 9.17) is 39.9 Å². The van der Waals surface area contributed by atoms with Crippen molar-refractivity contribution in [2.75, 3.05) is 6.16 Å². The molecule has 0 saturated carbocycles. The van der Waals surface area contributed by atoms with Gasteiger partial charge >= 0.3 is 5.97 Å². The third kappa shape index (κ3) is 13.4. The zero-order valence-electron chi connectivity index (χ0n) is 6.69. The fourth-order valence-electron chi connectivity index (χ4n) is 0.204. The van der Waals surface area contributed by atoms with E-state index in [-0.39, 0.29) is 0 Å². The van der Waals surface area contributed by atoms with E-state index in [1.807, 2.05) is 0 Å². The molecule has 0 heterocycles. The molecule has 0 aliphatic carbocycles. The summed E-state index contributed by atoms with van der Waals surface area (Å²) in [6.45, 7) is 2.20. The zero-order chi connectivity index (χ0) is 10.2. The molecule has 2 nitrogen and oxygen atoms in total. The zero-order valence-corrected chi connectivity index (χ0v) is 10.1. The number of aliphatic carboxylic acids is 1. The highest BCUT2D eigenvalue weighted by molar-refractivity contribution is 7.16. The summed E-state index contributed by atoms with van der Waals surface area (Å²) in [5.74, 6) is -1.46. The Balaban J connectivity index is 0. The lowest BCUT2D eigenvalue weighted by Crippen LogP contribution is -2.16. The summed E-state index contributed by atoms with van der Waals surface area (Å²) in [6, 6.07) is 0. The first-order valence-electron chi connectivity index (χ1n) is 3.36. The molecular weight excluding hydrogens is 241 g/mol. The van der Waals surface area contributed by atoms with Crippen LogP contribution in [0.4, 0.5) is 0 Å². The van der Waals surface area contributed by atoms with Crippen LogP contribution >= 0.6 is 44.0 Å². The molecule has 0 aromatic carbocycles. The van der Waals surface area contributed by atoms with E-state index in [0.717, 1.165) is 0 Å². The van der Waals surface area contributed by atoms with Crippen LogP contribution in [0, 0.1) is 0 Å². The van der Waals surface area contributed by atoms with Crippen molar-refractivity contribution in [3.8, 4) is 0 Å². The van der Waals surface area contributed by atoms with Crippen molar-refractivity contribution < 1.29 is 9.90 Å². The summed E-state index contributed by atoms with van der Waals surface area (Å²) in [7, 11) is 2.70. The molecule has 0 aliphatic rings. The molecule has 0 bridgehead atoms. The molecule has 1 atom stereocenters. The van der Waals surface area contributed by atoms with E-state index in [0.29, 0.717) is 0 Å². The minimum absolute atomic E-state index is 1.26. The standard InChI is InChI=1S/C4H11P.C2HCl3O2/c1-2-3-4-5;3-2(4,5)1(6)7/h2-5H2,1H3;(H,6,7). The Morgan fingerprint density at radius 2 is 1.83 bits per heavy atom. The minimum Gasteiger partial charge on any atom is -0.478 e. The fourth-order valence-corrected chi connectivity index (χ4v) is 0.612. The lowest BCUT2D eigenvalue weighted by Gasteiger charge is -1.99. The summed E-state index contributed by atoms with van der Waals surface area (Å²) in [5, 5.41) is 7.85. The van der Waals surface area contributed by atoms with Crippen molar-refractivity contribution in [1.82, 2.24) is 0 Å². The summed E-state index contributed by atoms with van der Waals surface area (Å²) in [4.78, 5) is 9.62. The molecule has 0 radical (unpaired) electrons. The van der Waals surface area contributed by atoms with Gasteiger partial charge in [0.15, 0.2) is 0 Å². The minimum atomic E-state index is -2.17. The molecule has 0 saturated heterocycles. The van der Waals surface area contributed by atoms with Gasteiger partial charge in [-0.3, -0.25) is 0 Å². The maximum absolute atomic E-state index is 9.62. The molecule has 0 aliphatic heterocycles. The molecule has 0 amide bonds. The van der Waals surface area contributed by atoms with Crippen molar-refractivity contribution in [2.45, 2.75) is 23.6 Å². The van der Waals surface area contributed by atoms with Crippen LogP contribution in [0.1, 0.15) is 19.8 Å². The first kappa shape index (κ1) is 15.3. The highest BCUT2D eigenvalue weighted by Crippen LogP contribution is 2.25. The van der Waals surface area contributed by atoms with Gasteiger partial charge in [-0.2, -0.15) is 0 Å². The predicted molar refractivity (Wildman–Crippen MR) is 57.4 cm³/mol. The second-order valence-electron chi connectivity index (χ2n) is 1.95. The van der Waals surface area contributed by atoms with Gasteiger partial charge in [-0.1, -0.05) is 54.6 Å². The summed E-state index contributed by atoms with van der Waals surface area (Å²) >= 11 is 14.4. The number of unbranched alkanes of at least 4 members (excludes halogenated alkanes) is 1. The average molecular weight is 253 g/mol. The van der Waals surface area contributed by atoms with Gasteiger partial charge in [0.1, 0.15) is 0 Å². The Hall–Kier alpha value is 0.770. The summed E-state index contributed by atoms with van der Waals surface area (Å²) in [5.41, 5.74) is 0. The van der Waals surface area contributed by atoms with Gasteiger partial charge < -0.3 is 5.11 Å². The lowest BCUT2D eigenvalue weighted by atomic mass is 10.4. The van der Waals surface area contributed by atoms with Crippen LogP contribution in [0.3, 0.4) is 0 Å². The Bertz CT molecular complexity index is 122. The number of carbonyl (C=O) groups is 1. The quantitative estimate of drug-likeness (QED) is 0.606. The van der Waals surface area contributed by atoms with E-state index in [1.54, 1.807) is 0 Å². The molecule has 74 valence electrons. The average Bonchev–Trinajstić information content (AvgIpc) is 1.88. The van der Waals surface area contributed by atoms with Gasteiger partial charge in [0.25, 0.3) is 3.79 Å². The van der Waals surface area contributed by atoms with Crippen molar-refractivity contribution in [3.05, 3.63) is 0 Å². The first-order valence-corrected chi connectivity index (χ1v) is 5.31. The molecule has 6 heteroatoms. The summed E-state index contributed by atoms with van der Waals surface area (Å²) < 4.78 is -2.17. The number of hydrogen-bond acceptors (Lipinski definition) is 1. The molecule has 1 N–H and O–H groups in total. The van der Waals surface area contributed by atoms with Gasteiger partial charge in [0.2, 0.25) is 0 Å². The number of hydrogen-bond donors (Lipinski definition) is 1. The Labute approximate surface area is 89.8 Å². The molecule has 0 aromatic rings. The van der Waals surface area contributed by atoms with Crippen molar-refractivity contribution in [3.63, 3.8) is 0 Å². The smallest absolute Gasteiger partial charge is 0.356 e. The van der Waals surface area contributed by atoms with Gasteiger partial charge in [-0.25, -0.2) is 4.79 Å². The van der Waals surface area contributed by atoms with E-state index in [2.05, 4.69) is 16.2 Å². The fraction of sp³-hybridized carbons (Fsp3) is 0.833. The Morgan fingerprint density at radius 3 is 1.83 bits per heavy atom. The topological polar surface area (TPSA) is 37.3 Å². The number of halogens is 3. The van der Waals surface area contributed by atoms with E-state index in [9.17, 15) is 4.79 Å². The van der Waals surface area contributed by atoms with Crippen LogP contribution in [0.2, 0.25) is 0 Å². The summed E-state index contributed by atoms with van der Waals surface area (Å²) in [6.07, 6.45) is 3.94. The van der Waals surface area contributed by atoms with Gasteiger partial charge in [0.05, 0.1) is 0 Å². The second kappa shape index (κ2) is 8.37. The molecule has 0 spiro atoms. The molecular formula is C6H12Cl3O2P. The highest BCUT2D eigenvalue weighted by Gasteiger charge is 2.29. The van der Waals surface area contributed by atoms with Gasteiger partial charge in [-0.15, -0.1) is 9.24 Å². The highest BCUT2D eigenvalue weighted by atomic mass is 35.6. The van der Waals surface area contributed by atoms with E-state index >= 15 is 0 Å². The van der Waals surface area contributed by atoms with Crippen LogP contribution in [0.5, 0.6) is 0 Å². The normalized spacial score (nSPS) is 10.1. The van der Waals surface area contributed by atoms with E-state index < -0.39 is 9.76 Å². The molecule has 12 heavy (non-hydrogen) atoms. The number of alkyl halides is 3. The number of carboxylic acids is 1. The van der Waals surface area contributed by atoms with Crippen LogP contribution in [0.15, 0.2) is 0 Å². The largest absolute Gasteiger partial charge is 0.478 e. The first-order chi connectivity index (χ1) is 5.36. The van der Waals surface area contributed by atoms with Crippen LogP contribution in [-0.2, 0) is 4.79 Å². The van der Waals surface area contributed by atoms with Crippen molar-refractivity contribution in [2.24, 2.45) is 0 Å². The second-order valence-corrected chi connectivity index (χ2v) is 4.80. The van der Waals surface area contributed by atoms with Crippen LogP contribution < -0.4 is 0 Å². The molecule has 0 aromatic heterocycles. The van der Waals surface area contributed by atoms with Crippen molar-refractivity contribution in [1.29, 1.82) is 0 Å². The maximum Gasteiger partial charge on any atom is 0.356 e. The van der Waals surface area contributed by atoms with Crippen molar-refractivity contribution >= 4 is 50.0 Å².